The van der Waals surface area contributed by atoms with Crippen LogP contribution in [-0.4, -0.2) is 16.3 Å². The molecule has 0 bridgehead atoms. The molecule has 4 rings (SSSR count). The summed E-state index contributed by atoms with van der Waals surface area (Å²) in [6.45, 7) is 2.11. The van der Waals surface area contributed by atoms with E-state index in [0.29, 0.717) is 0 Å². The summed E-state index contributed by atoms with van der Waals surface area (Å²) in [5, 5.41) is 24.7. The molecule has 0 saturated carbocycles. The summed E-state index contributed by atoms with van der Waals surface area (Å²) in [4.78, 5) is 0. The van der Waals surface area contributed by atoms with Crippen LogP contribution in [0, 0.1) is 6.92 Å². The van der Waals surface area contributed by atoms with Crippen LogP contribution in [0.4, 0.5) is 0 Å². The number of aryl methyl sites for hydroxylation is 1. The van der Waals surface area contributed by atoms with Crippen molar-refractivity contribution in [2.24, 2.45) is 0 Å². The molecule has 2 nitrogen and oxygen atoms in total. The van der Waals surface area contributed by atoms with Crippen LogP contribution >= 0.6 is 0 Å². The van der Waals surface area contributed by atoms with Crippen LogP contribution in [0.15, 0.2) is 48.5 Å². The molecule has 0 unspecified atom stereocenters. The first-order valence-electron chi connectivity index (χ1n) is 7.15. The minimum atomic E-state index is -0.845. The van der Waals surface area contributed by atoms with E-state index in [9.17, 15) is 10.2 Å². The van der Waals surface area contributed by atoms with Gasteiger partial charge in [-0.2, -0.15) is 0 Å². The molecule has 3 aromatic carbocycles. The summed E-state index contributed by atoms with van der Waals surface area (Å²) in [6.07, 6.45) is 1.91. The van der Waals surface area contributed by atoms with E-state index in [0.717, 1.165) is 21.9 Å². The molecule has 0 fully saturated rings. The molecular formula is C19H16O2. The summed E-state index contributed by atoms with van der Waals surface area (Å²) in [5.74, 6) is 0. The van der Waals surface area contributed by atoms with Gasteiger partial charge in [-0.25, -0.2) is 0 Å². The number of aliphatic hydroxyl groups excluding tert-OH is 2. The fourth-order valence-corrected chi connectivity index (χ4v) is 3.22. The monoisotopic (exact) mass is 276 g/mol. The summed E-state index contributed by atoms with van der Waals surface area (Å²) in [6, 6.07) is 14.6. The smallest absolute Gasteiger partial charge is 0.109 e. The average molecular weight is 276 g/mol. The molecule has 0 spiro atoms. The van der Waals surface area contributed by atoms with Crippen LogP contribution in [-0.2, 0) is 0 Å². The number of hydrogen-bond acceptors (Lipinski definition) is 2. The van der Waals surface area contributed by atoms with Gasteiger partial charge in [-0.15, -0.1) is 0 Å². The highest BCUT2D eigenvalue weighted by molar-refractivity contribution is 6.03. The zero-order valence-corrected chi connectivity index (χ0v) is 11.7. The summed E-state index contributed by atoms with van der Waals surface area (Å²) < 4.78 is 0. The van der Waals surface area contributed by atoms with E-state index in [-0.39, 0.29) is 0 Å². The van der Waals surface area contributed by atoms with Gasteiger partial charge in [0.05, 0.1) is 0 Å². The third-order valence-corrected chi connectivity index (χ3v) is 4.41. The van der Waals surface area contributed by atoms with Crippen LogP contribution in [0.2, 0.25) is 0 Å². The first kappa shape index (κ1) is 12.6. The zero-order valence-electron chi connectivity index (χ0n) is 11.7. The van der Waals surface area contributed by atoms with Crippen LogP contribution in [0.3, 0.4) is 0 Å². The van der Waals surface area contributed by atoms with Gasteiger partial charge < -0.3 is 10.2 Å². The molecule has 0 aromatic heterocycles. The molecule has 0 heterocycles. The van der Waals surface area contributed by atoms with E-state index in [4.69, 9.17) is 0 Å². The van der Waals surface area contributed by atoms with Gasteiger partial charge in [-0.05, 0) is 57.3 Å². The van der Waals surface area contributed by atoms with E-state index in [2.05, 4.69) is 37.3 Å². The second kappa shape index (κ2) is 4.42. The van der Waals surface area contributed by atoms with Gasteiger partial charge >= 0.3 is 0 Å². The van der Waals surface area contributed by atoms with Crippen LogP contribution in [0.5, 0.6) is 0 Å². The molecule has 2 atom stereocenters. The topological polar surface area (TPSA) is 40.5 Å². The molecular weight excluding hydrogens is 260 g/mol. The molecule has 0 saturated heterocycles. The van der Waals surface area contributed by atoms with Crippen molar-refractivity contribution in [3.05, 3.63) is 65.2 Å². The van der Waals surface area contributed by atoms with Crippen molar-refractivity contribution >= 4 is 27.6 Å². The lowest BCUT2D eigenvalue weighted by Gasteiger charge is -2.23. The predicted octanol–water partition coefficient (Wildman–Crippen LogP) is 3.72. The van der Waals surface area contributed by atoms with Crippen molar-refractivity contribution in [3.63, 3.8) is 0 Å². The van der Waals surface area contributed by atoms with Gasteiger partial charge in [-0.1, -0.05) is 42.5 Å². The SMILES string of the molecule is Cc1cccc2cc3ccc4c(c3cc12)C=C[C@@H](O)[C@@H]4O. The maximum Gasteiger partial charge on any atom is 0.109 e. The molecule has 0 aliphatic heterocycles. The van der Waals surface area contributed by atoms with Crippen LogP contribution in [0.25, 0.3) is 27.6 Å². The third-order valence-electron chi connectivity index (χ3n) is 4.41. The minimum Gasteiger partial charge on any atom is -0.386 e. The molecule has 0 radical (unpaired) electrons. The van der Waals surface area contributed by atoms with Gasteiger partial charge in [0, 0.05) is 0 Å². The molecule has 21 heavy (non-hydrogen) atoms. The Hall–Kier alpha value is -2.16. The predicted molar refractivity (Wildman–Crippen MR) is 86.2 cm³/mol. The molecule has 104 valence electrons. The summed E-state index contributed by atoms with van der Waals surface area (Å²) >= 11 is 0. The zero-order chi connectivity index (χ0) is 14.6. The summed E-state index contributed by atoms with van der Waals surface area (Å²) in [5.41, 5.74) is 3.05. The molecule has 0 amide bonds. The third kappa shape index (κ3) is 1.80. The highest BCUT2D eigenvalue weighted by Gasteiger charge is 2.23. The van der Waals surface area contributed by atoms with E-state index < -0.39 is 12.2 Å². The second-order valence-electron chi connectivity index (χ2n) is 5.73. The van der Waals surface area contributed by atoms with Crippen molar-refractivity contribution in [2.45, 2.75) is 19.1 Å². The fraction of sp³-hybridized carbons (Fsp3) is 0.158. The highest BCUT2D eigenvalue weighted by Crippen LogP contribution is 2.35. The molecule has 2 N–H and O–H groups in total. The molecule has 2 heteroatoms. The molecule has 3 aromatic rings. The van der Waals surface area contributed by atoms with Gasteiger partial charge in [0.1, 0.15) is 12.2 Å². The van der Waals surface area contributed by atoms with E-state index in [1.165, 1.54) is 16.3 Å². The largest absolute Gasteiger partial charge is 0.386 e. The Morgan fingerprint density at radius 3 is 2.57 bits per heavy atom. The van der Waals surface area contributed by atoms with Crippen molar-refractivity contribution in [2.75, 3.05) is 0 Å². The lowest BCUT2D eigenvalue weighted by Crippen LogP contribution is -2.19. The Labute approximate surface area is 123 Å². The maximum atomic E-state index is 10.2. The Bertz CT molecular complexity index is 893. The Morgan fingerprint density at radius 1 is 0.905 bits per heavy atom. The Balaban J connectivity index is 2.11. The normalized spacial score (nSPS) is 20.9. The lowest BCUT2D eigenvalue weighted by molar-refractivity contribution is 0.0471. The summed E-state index contributed by atoms with van der Waals surface area (Å²) in [7, 11) is 0. The quantitative estimate of drug-likeness (QED) is 0.614. The fourth-order valence-electron chi connectivity index (χ4n) is 3.22. The minimum absolute atomic E-state index is 0.797. The van der Waals surface area contributed by atoms with Crippen molar-refractivity contribution < 1.29 is 10.2 Å². The van der Waals surface area contributed by atoms with Gasteiger partial charge in [0.25, 0.3) is 0 Å². The van der Waals surface area contributed by atoms with Crippen LogP contribution < -0.4 is 0 Å². The van der Waals surface area contributed by atoms with Crippen LogP contribution in [0.1, 0.15) is 22.8 Å². The van der Waals surface area contributed by atoms with Crippen molar-refractivity contribution in [1.82, 2.24) is 0 Å². The lowest BCUT2D eigenvalue weighted by atomic mass is 9.88. The standard InChI is InChI=1S/C19H16O2/c1-11-3-2-4-12-9-13-5-6-15-14(17(13)10-16(11)12)7-8-18(20)19(15)21/h2-10,18-21H,1H3/t18-,19-/m1/s1. The first-order valence-corrected chi connectivity index (χ1v) is 7.15. The first-order chi connectivity index (χ1) is 10.1. The number of benzene rings is 3. The van der Waals surface area contributed by atoms with E-state index in [1.807, 2.05) is 18.2 Å². The molecule has 1 aliphatic rings. The van der Waals surface area contributed by atoms with Crippen molar-refractivity contribution in [3.8, 4) is 0 Å². The van der Waals surface area contributed by atoms with Gasteiger partial charge in [0.15, 0.2) is 0 Å². The maximum absolute atomic E-state index is 10.2. The van der Waals surface area contributed by atoms with Crippen molar-refractivity contribution in [1.29, 1.82) is 0 Å². The van der Waals surface area contributed by atoms with E-state index >= 15 is 0 Å². The number of rotatable bonds is 0. The highest BCUT2D eigenvalue weighted by atomic mass is 16.3. The van der Waals surface area contributed by atoms with Gasteiger partial charge in [0.2, 0.25) is 0 Å². The second-order valence-corrected chi connectivity index (χ2v) is 5.73. The van der Waals surface area contributed by atoms with Gasteiger partial charge in [-0.3, -0.25) is 0 Å². The Kier molecular flexibility index (Phi) is 2.64. The Morgan fingerprint density at radius 2 is 1.71 bits per heavy atom. The number of aliphatic hydroxyl groups is 2. The average Bonchev–Trinajstić information content (AvgIpc) is 2.49. The van der Waals surface area contributed by atoms with E-state index in [1.54, 1.807) is 6.08 Å². The number of fused-ring (bicyclic) bond motifs is 4. The molecule has 1 aliphatic carbocycles. The number of hydrogen-bond donors (Lipinski definition) is 2.